The fraction of sp³-hybridized carbons (Fsp3) is 0.200. The van der Waals surface area contributed by atoms with E-state index in [9.17, 15) is 4.79 Å². The summed E-state index contributed by atoms with van der Waals surface area (Å²) >= 11 is 18.8. The Morgan fingerprint density at radius 2 is 1.71 bits per heavy atom. The Labute approximate surface area is 178 Å². The third-order valence-electron chi connectivity index (χ3n) is 4.19. The fourth-order valence-corrected chi connectivity index (χ4v) is 3.64. The van der Waals surface area contributed by atoms with E-state index in [0.29, 0.717) is 27.4 Å². The first kappa shape index (κ1) is 20.7. The Morgan fingerprint density at radius 3 is 2.36 bits per heavy atom. The molecule has 0 aliphatic carbocycles. The predicted octanol–water partition coefficient (Wildman–Crippen LogP) is 5.21. The van der Waals surface area contributed by atoms with Gasteiger partial charge in [-0.1, -0.05) is 59.1 Å². The molecule has 146 valence electrons. The third kappa shape index (κ3) is 4.67. The molecular formula is C20H19Cl3N4O. The van der Waals surface area contributed by atoms with Gasteiger partial charge in [0.2, 0.25) is 5.91 Å². The van der Waals surface area contributed by atoms with Crippen molar-refractivity contribution in [2.75, 3.05) is 18.9 Å². The standard InChI is InChI=1S/C20H19Cl3N4O/c1-13-15(20(23)27(25-13)14-7-4-3-5-8-14)11-26(2)12-18(28)24-19-16(21)9-6-10-17(19)22/h3-10H,11-12H2,1-2H3,(H,24,28). The molecule has 8 heteroatoms. The number of carbonyl (C=O) groups excluding carboxylic acids is 1. The second kappa shape index (κ2) is 8.97. The van der Waals surface area contributed by atoms with E-state index < -0.39 is 0 Å². The molecule has 0 spiro atoms. The van der Waals surface area contributed by atoms with Gasteiger partial charge in [0, 0.05) is 12.1 Å². The highest BCUT2D eigenvalue weighted by molar-refractivity contribution is 6.39. The van der Waals surface area contributed by atoms with Crippen molar-refractivity contribution < 1.29 is 4.79 Å². The maximum absolute atomic E-state index is 12.4. The molecule has 5 nitrogen and oxygen atoms in total. The van der Waals surface area contributed by atoms with Gasteiger partial charge in [-0.2, -0.15) is 5.10 Å². The fourth-order valence-electron chi connectivity index (χ4n) is 2.82. The summed E-state index contributed by atoms with van der Waals surface area (Å²) in [5.41, 5.74) is 2.98. The number of halogens is 3. The number of rotatable bonds is 6. The molecule has 0 atom stereocenters. The first-order valence-corrected chi connectivity index (χ1v) is 9.72. The molecule has 1 aromatic heterocycles. The quantitative estimate of drug-likeness (QED) is 0.576. The molecule has 1 heterocycles. The molecule has 3 aromatic rings. The van der Waals surface area contributed by atoms with Gasteiger partial charge in [-0.15, -0.1) is 0 Å². The molecule has 0 aliphatic rings. The molecule has 0 saturated heterocycles. The number of aromatic nitrogens is 2. The number of aryl methyl sites for hydroxylation is 1. The van der Waals surface area contributed by atoms with E-state index in [1.165, 1.54) is 0 Å². The van der Waals surface area contributed by atoms with Gasteiger partial charge in [0.15, 0.2) is 0 Å². The molecule has 2 aromatic carbocycles. The topological polar surface area (TPSA) is 50.2 Å². The van der Waals surface area contributed by atoms with Crippen LogP contribution < -0.4 is 5.32 Å². The lowest BCUT2D eigenvalue weighted by Crippen LogP contribution is -2.30. The van der Waals surface area contributed by atoms with Crippen LogP contribution in [0.1, 0.15) is 11.3 Å². The lowest BCUT2D eigenvalue weighted by molar-refractivity contribution is -0.117. The monoisotopic (exact) mass is 436 g/mol. The van der Waals surface area contributed by atoms with Crippen LogP contribution in [0.15, 0.2) is 48.5 Å². The highest BCUT2D eigenvalue weighted by Gasteiger charge is 2.18. The number of nitrogens with one attached hydrogen (secondary N) is 1. The number of likely N-dealkylation sites (N-methyl/N-ethyl adjacent to an activating group) is 1. The number of hydrogen-bond acceptors (Lipinski definition) is 3. The van der Waals surface area contributed by atoms with Gasteiger partial charge in [0.1, 0.15) is 5.15 Å². The van der Waals surface area contributed by atoms with Crippen molar-refractivity contribution >= 4 is 46.4 Å². The molecule has 0 radical (unpaired) electrons. The van der Waals surface area contributed by atoms with Crippen LogP contribution in [-0.4, -0.2) is 34.2 Å². The summed E-state index contributed by atoms with van der Waals surface area (Å²) in [5.74, 6) is -0.221. The van der Waals surface area contributed by atoms with Crippen molar-refractivity contribution in [3.8, 4) is 5.69 Å². The summed E-state index contributed by atoms with van der Waals surface area (Å²) in [7, 11) is 1.84. The lowest BCUT2D eigenvalue weighted by atomic mass is 10.2. The van der Waals surface area contributed by atoms with Gasteiger partial charge in [-0.05, 0) is 38.2 Å². The summed E-state index contributed by atoms with van der Waals surface area (Å²) in [6.07, 6.45) is 0. The van der Waals surface area contributed by atoms with Gasteiger partial charge >= 0.3 is 0 Å². The van der Waals surface area contributed by atoms with Crippen molar-refractivity contribution in [2.45, 2.75) is 13.5 Å². The van der Waals surface area contributed by atoms with Crippen LogP contribution >= 0.6 is 34.8 Å². The average Bonchev–Trinajstić information content (AvgIpc) is 2.94. The summed E-state index contributed by atoms with van der Waals surface area (Å²) in [5, 5.41) is 8.61. The lowest BCUT2D eigenvalue weighted by Gasteiger charge is -2.17. The Morgan fingerprint density at radius 1 is 1.07 bits per heavy atom. The number of anilines is 1. The minimum Gasteiger partial charge on any atom is -0.322 e. The smallest absolute Gasteiger partial charge is 0.238 e. The number of nitrogens with zero attached hydrogens (tertiary/aromatic N) is 3. The summed E-state index contributed by atoms with van der Waals surface area (Å²) in [4.78, 5) is 14.2. The molecule has 3 rings (SSSR count). The number of amides is 1. The molecule has 0 aliphatic heterocycles. The van der Waals surface area contributed by atoms with Crippen molar-refractivity contribution in [1.82, 2.24) is 14.7 Å². The molecule has 1 N–H and O–H groups in total. The Hall–Kier alpha value is -2.05. The summed E-state index contributed by atoms with van der Waals surface area (Å²) in [6.45, 7) is 2.52. The first-order valence-electron chi connectivity index (χ1n) is 8.58. The normalized spacial score (nSPS) is 11.1. The number of benzene rings is 2. The SMILES string of the molecule is Cc1nn(-c2ccccc2)c(Cl)c1CN(C)CC(=O)Nc1c(Cl)cccc1Cl. The van der Waals surface area contributed by atoms with E-state index in [0.717, 1.165) is 16.9 Å². The Kier molecular flexibility index (Phi) is 6.62. The van der Waals surface area contributed by atoms with Crippen molar-refractivity contribution in [1.29, 1.82) is 0 Å². The van der Waals surface area contributed by atoms with Crippen LogP contribution in [-0.2, 0) is 11.3 Å². The minimum absolute atomic E-state index is 0.147. The van der Waals surface area contributed by atoms with Crippen LogP contribution in [0, 0.1) is 6.92 Å². The van der Waals surface area contributed by atoms with Crippen LogP contribution in [0.2, 0.25) is 15.2 Å². The van der Waals surface area contributed by atoms with Gasteiger partial charge in [0.25, 0.3) is 0 Å². The van der Waals surface area contributed by atoms with Crippen LogP contribution in [0.4, 0.5) is 5.69 Å². The number of carbonyl (C=O) groups is 1. The van der Waals surface area contributed by atoms with Gasteiger partial charge in [0.05, 0.1) is 33.7 Å². The van der Waals surface area contributed by atoms with Crippen molar-refractivity contribution in [3.05, 3.63) is 75.0 Å². The maximum atomic E-state index is 12.4. The molecule has 0 bridgehead atoms. The molecular weight excluding hydrogens is 419 g/mol. The predicted molar refractivity (Wildman–Crippen MR) is 115 cm³/mol. The van der Waals surface area contributed by atoms with Gasteiger partial charge in [-0.3, -0.25) is 9.69 Å². The number of para-hydroxylation sites is 2. The van der Waals surface area contributed by atoms with E-state index in [4.69, 9.17) is 34.8 Å². The first-order chi connectivity index (χ1) is 13.4. The second-order valence-electron chi connectivity index (χ2n) is 6.42. The zero-order valence-electron chi connectivity index (χ0n) is 15.4. The maximum Gasteiger partial charge on any atom is 0.238 e. The van der Waals surface area contributed by atoms with Crippen molar-refractivity contribution in [2.24, 2.45) is 0 Å². The molecule has 0 fully saturated rings. The highest BCUT2D eigenvalue weighted by atomic mass is 35.5. The Balaban J connectivity index is 1.69. The molecule has 0 saturated carbocycles. The van der Waals surface area contributed by atoms with E-state index in [2.05, 4.69) is 10.4 Å². The minimum atomic E-state index is -0.221. The summed E-state index contributed by atoms with van der Waals surface area (Å²) in [6, 6.07) is 14.7. The average molecular weight is 438 g/mol. The second-order valence-corrected chi connectivity index (χ2v) is 7.59. The van der Waals surface area contributed by atoms with Gasteiger partial charge in [-0.25, -0.2) is 4.68 Å². The van der Waals surface area contributed by atoms with Crippen molar-refractivity contribution in [3.63, 3.8) is 0 Å². The zero-order chi connectivity index (χ0) is 20.3. The number of hydrogen-bond donors (Lipinski definition) is 1. The Bertz CT molecular complexity index is 968. The third-order valence-corrected chi connectivity index (χ3v) is 5.21. The molecule has 0 unspecified atom stereocenters. The highest BCUT2D eigenvalue weighted by Crippen LogP contribution is 2.30. The van der Waals surface area contributed by atoms with E-state index in [1.807, 2.05) is 49.2 Å². The van der Waals surface area contributed by atoms with Crippen LogP contribution in [0.5, 0.6) is 0 Å². The molecule has 28 heavy (non-hydrogen) atoms. The van der Waals surface area contributed by atoms with E-state index in [1.54, 1.807) is 22.9 Å². The largest absolute Gasteiger partial charge is 0.322 e. The van der Waals surface area contributed by atoms with Crippen LogP contribution in [0.3, 0.4) is 0 Å². The zero-order valence-corrected chi connectivity index (χ0v) is 17.7. The summed E-state index contributed by atoms with van der Waals surface area (Å²) < 4.78 is 1.70. The molecule has 1 amide bonds. The van der Waals surface area contributed by atoms with Crippen LogP contribution in [0.25, 0.3) is 5.69 Å². The van der Waals surface area contributed by atoms with Gasteiger partial charge < -0.3 is 5.32 Å². The van der Waals surface area contributed by atoms with E-state index in [-0.39, 0.29) is 12.5 Å². The van der Waals surface area contributed by atoms with E-state index >= 15 is 0 Å².